The van der Waals surface area contributed by atoms with Crippen LogP contribution in [-0.4, -0.2) is 25.0 Å². The average Bonchev–Trinajstić information content (AvgIpc) is 2.63. The number of hydrogen-bond donors (Lipinski definition) is 1. The minimum Gasteiger partial charge on any atom is -0.494 e. The highest BCUT2D eigenvalue weighted by atomic mass is 16.5. The zero-order chi connectivity index (χ0) is 19.8. The van der Waals surface area contributed by atoms with Crippen LogP contribution >= 0.6 is 0 Å². The lowest BCUT2D eigenvalue weighted by Crippen LogP contribution is -2.31. The van der Waals surface area contributed by atoms with E-state index in [0.717, 1.165) is 17.1 Å². The normalized spacial score (nSPS) is 10.6. The predicted molar refractivity (Wildman–Crippen MR) is 109 cm³/mol. The van der Waals surface area contributed by atoms with Crippen LogP contribution < -0.4 is 15.0 Å². The number of carbonyl (C=O) groups is 2. The summed E-state index contributed by atoms with van der Waals surface area (Å²) in [5.41, 5.74) is 2.74. The molecule has 0 aromatic heterocycles. The highest BCUT2D eigenvalue weighted by Crippen LogP contribution is 2.21. The second kappa shape index (κ2) is 9.76. The second-order valence-corrected chi connectivity index (χ2v) is 6.67. The number of rotatable bonds is 8. The van der Waals surface area contributed by atoms with E-state index < -0.39 is 0 Å². The first-order valence-corrected chi connectivity index (χ1v) is 9.31. The van der Waals surface area contributed by atoms with Gasteiger partial charge in [-0.15, -0.1) is 0 Å². The van der Waals surface area contributed by atoms with E-state index in [0.29, 0.717) is 19.1 Å². The summed E-state index contributed by atoms with van der Waals surface area (Å²) in [6, 6.07) is 15.1. The molecule has 2 amide bonds. The number of hydrogen-bond acceptors (Lipinski definition) is 3. The zero-order valence-electron chi connectivity index (χ0n) is 16.5. The van der Waals surface area contributed by atoms with Gasteiger partial charge >= 0.3 is 0 Å². The third kappa shape index (κ3) is 6.13. The summed E-state index contributed by atoms with van der Waals surface area (Å²) in [5, 5.41) is 2.88. The van der Waals surface area contributed by atoms with Crippen LogP contribution in [0.15, 0.2) is 48.5 Å². The van der Waals surface area contributed by atoms with Gasteiger partial charge in [-0.3, -0.25) is 9.59 Å². The molecule has 2 aromatic carbocycles. The number of carbonyl (C=O) groups excluding carboxylic acids is 2. The molecule has 2 aromatic rings. The third-order valence-electron chi connectivity index (χ3n) is 4.26. The summed E-state index contributed by atoms with van der Waals surface area (Å²) < 4.78 is 5.42. The van der Waals surface area contributed by atoms with Gasteiger partial charge in [-0.05, 0) is 54.8 Å². The molecule has 0 spiro atoms. The summed E-state index contributed by atoms with van der Waals surface area (Å²) in [6.45, 7) is 8.59. The van der Waals surface area contributed by atoms with Crippen molar-refractivity contribution in [2.45, 2.75) is 40.0 Å². The van der Waals surface area contributed by atoms with Crippen molar-refractivity contribution in [1.29, 1.82) is 0 Å². The maximum Gasteiger partial charge on any atom is 0.226 e. The zero-order valence-corrected chi connectivity index (χ0v) is 16.5. The van der Waals surface area contributed by atoms with Gasteiger partial charge in [0.1, 0.15) is 5.75 Å². The lowest BCUT2D eigenvalue weighted by molar-refractivity contribution is -0.117. The number of nitrogens with one attached hydrogen (secondary N) is 1. The molecular weight excluding hydrogens is 340 g/mol. The van der Waals surface area contributed by atoms with Crippen LogP contribution in [0.2, 0.25) is 0 Å². The van der Waals surface area contributed by atoms with Gasteiger partial charge in [0.25, 0.3) is 0 Å². The Kier molecular flexibility index (Phi) is 7.41. The summed E-state index contributed by atoms with van der Waals surface area (Å²) in [6.07, 6.45) is 0.221. The van der Waals surface area contributed by atoms with E-state index in [9.17, 15) is 9.59 Å². The van der Waals surface area contributed by atoms with Gasteiger partial charge in [0.15, 0.2) is 0 Å². The Labute approximate surface area is 161 Å². The van der Waals surface area contributed by atoms with Gasteiger partial charge in [0, 0.05) is 31.3 Å². The molecule has 27 heavy (non-hydrogen) atoms. The van der Waals surface area contributed by atoms with Crippen LogP contribution in [0.25, 0.3) is 0 Å². The molecule has 5 nitrogen and oxygen atoms in total. The van der Waals surface area contributed by atoms with Crippen molar-refractivity contribution in [3.63, 3.8) is 0 Å². The standard InChI is InChI=1S/C22H28N2O3/c1-5-27-21-12-10-20(11-13-21)24(17(4)25)15-14-22(26)23-19-8-6-18(7-9-19)16(2)3/h6-13,16H,5,14-15H2,1-4H3,(H,23,26). The molecule has 0 saturated heterocycles. The molecule has 0 aliphatic rings. The molecule has 0 aliphatic heterocycles. The molecule has 2 rings (SSSR count). The van der Waals surface area contributed by atoms with Crippen molar-refractivity contribution in [2.75, 3.05) is 23.4 Å². The molecule has 0 heterocycles. The molecule has 0 aliphatic carbocycles. The largest absolute Gasteiger partial charge is 0.494 e. The van der Waals surface area contributed by atoms with E-state index in [1.165, 1.54) is 12.5 Å². The number of amides is 2. The van der Waals surface area contributed by atoms with Gasteiger partial charge in [0.2, 0.25) is 11.8 Å². The van der Waals surface area contributed by atoms with Crippen molar-refractivity contribution >= 4 is 23.2 Å². The van der Waals surface area contributed by atoms with E-state index in [1.807, 2.05) is 55.5 Å². The van der Waals surface area contributed by atoms with Crippen molar-refractivity contribution in [3.8, 4) is 5.75 Å². The van der Waals surface area contributed by atoms with E-state index in [-0.39, 0.29) is 18.2 Å². The topological polar surface area (TPSA) is 58.6 Å². The summed E-state index contributed by atoms with van der Waals surface area (Å²) in [7, 11) is 0. The fraction of sp³-hybridized carbons (Fsp3) is 0.364. The van der Waals surface area contributed by atoms with Crippen LogP contribution in [0, 0.1) is 0 Å². The molecule has 0 saturated carbocycles. The van der Waals surface area contributed by atoms with Crippen LogP contribution in [0.4, 0.5) is 11.4 Å². The van der Waals surface area contributed by atoms with Crippen molar-refractivity contribution < 1.29 is 14.3 Å². The number of nitrogens with zero attached hydrogens (tertiary/aromatic N) is 1. The highest BCUT2D eigenvalue weighted by molar-refractivity contribution is 5.94. The number of ether oxygens (including phenoxy) is 1. The maximum atomic E-state index is 12.3. The Bertz CT molecular complexity index is 752. The van der Waals surface area contributed by atoms with Gasteiger partial charge < -0.3 is 15.0 Å². The smallest absolute Gasteiger partial charge is 0.226 e. The van der Waals surface area contributed by atoms with Gasteiger partial charge in [0.05, 0.1) is 6.61 Å². The lowest BCUT2D eigenvalue weighted by atomic mass is 10.0. The molecular formula is C22H28N2O3. The Morgan fingerprint density at radius 3 is 2.19 bits per heavy atom. The summed E-state index contributed by atoms with van der Waals surface area (Å²) >= 11 is 0. The van der Waals surface area contributed by atoms with Gasteiger partial charge in [-0.2, -0.15) is 0 Å². The fourth-order valence-corrected chi connectivity index (χ4v) is 2.75. The Hall–Kier alpha value is -2.82. The first kappa shape index (κ1) is 20.5. The highest BCUT2D eigenvalue weighted by Gasteiger charge is 2.14. The maximum absolute atomic E-state index is 12.3. The predicted octanol–water partition coefficient (Wildman–Crippen LogP) is 4.59. The quantitative estimate of drug-likeness (QED) is 0.741. The number of benzene rings is 2. The molecule has 0 bridgehead atoms. The summed E-state index contributed by atoms with van der Waals surface area (Å²) in [5.74, 6) is 0.984. The van der Waals surface area contributed by atoms with Crippen LogP contribution in [0.5, 0.6) is 5.75 Å². The first-order valence-electron chi connectivity index (χ1n) is 9.31. The Morgan fingerprint density at radius 1 is 1.04 bits per heavy atom. The Morgan fingerprint density at radius 2 is 1.67 bits per heavy atom. The van der Waals surface area contributed by atoms with Gasteiger partial charge in [-0.1, -0.05) is 26.0 Å². The second-order valence-electron chi connectivity index (χ2n) is 6.67. The molecule has 0 atom stereocenters. The van der Waals surface area contributed by atoms with Gasteiger partial charge in [-0.25, -0.2) is 0 Å². The molecule has 0 fully saturated rings. The van der Waals surface area contributed by atoms with E-state index in [1.54, 1.807) is 4.90 Å². The first-order chi connectivity index (χ1) is 12.9. The summed E-state index contributed by atoms with van der Waals surface area (Å²) in [4.78, 5) is 25.8. The minimum absolute atomic E-state index is 0.103. The SMILES string of the molecule is CCOc1ccc(N(CCC(=O)Nc2ccc(C(C)C)cc2)C(C)=O)cc1. The minimum atomic E-state index is -0.121. The molecule has 5 heteroatoms. The molecule has 1 N–H and O–H groups in total. The molecule has 0 unspecified atom stereocenters. The lowest BCUT2D eigenvalue weighted by Gasteiger charge is -2.21. The number of anilines is 2. The van der Waals surface area contributed by atoms with E-state index in [4.69, 9.17) is 4.74 Å². The monoisotopic (exact) mass is 368 g/mol. The van der Waals surface area contributed by atoms with Crippen LogP contribution in [0.3, 0.4) is 0 Å². The van der Waals surface area contributed by atoms with Crippen LogP contribution in [0.1, 0.15) is 45.6 Å². The van der Waals surface area contributed by atoms with E-state index in [2.05, 4.69) is 19.2 Å². The van der Waals surface area contributed by atoms with Crippen LogP contribution in [-0.2, 0) is 9.59 Å². The van der Waals surface area contributed by atoms with Crippen molar-refractivity contribution in [2.24, 2.45) is 0 Å². The van der Waals surface area contributed by atoms with Crippen molar-refractivity contribution in [1.82, 2.24) is 0 Å². The van der Waals surface area contributed by atoms with Crippen molar-refractivity contribution in [3.05, 3.63) is 54.1 Å². The average molecular weight is 368 g/mol. The fourth-order valence-electron chi connectivity index (χ4n) is 2.75. The molecule has 0 radical (unpaired) electrons. The molecule has 144 valence electrons. The Balaban J connectivity index is 1.94. The third-order valence-corrected chi connectivity index (χ3v) is 4.26. The van der Waals surface area contributed by atoms with E-state index >= 15 is 0 Å².